The largest absolute Gasteiger partial charge is 0.779 e. The molecule has 1 atom stereocenters. The molecule has 0 amide bonds. The highest BCUT2D eigenvalue weighted by Crippen LogP contribution is 2.35. The van der Waals surface area contributed by atoms with Gasteiger partial charge in [-0.15, -0.1) is 0 Å². The van der Waals surface area contributed by atoms with E-state index in [0.717, 1.165) is 0 Å². The van der Waals surface area contributed by atoms with Gasteiger partial charge in [0.2, 0.25) is 0 Å². The molecule has 0 radical (unpaired) electrons. The van der Waals surface area contributed by atoms with Crippen LogP contribution in [-0.2, 0) is 13.8 Å². The van der Waals surface area contributed by atoms with Gasteiger partial charge >= 0.3 is 0 Å². The first-order valence-corrected chi connectivity index (χ1v) is 5.77. The van der Waals surface area contributed by atoms with Crippen LogP contribution in [0, 0.1) is 0 Å². The molecule has 1 unspecified atom stereocenters. The van der Waals surface area contributed by atoms with Gasteiger partial charge in [0, 0.05) is 6.16 Å². The molecule has 12 heavy (non-hydrogen) atoms. The maximum atomic E-state index is 10.8. The predicted octanol–water partition coefficient (Wildman–Crippen LogP) is 1.00. The number of hydrogen-bond donors (Lipinski definition) is 0. The first-order chi connectivity index (χ1) is 5.48. The van der Waals surface area contributed by atoms with Crippen LogP contribution in [0.5, 0.6) is 0 Å². The van der Waals surface area contributed by atoms with Crippen molar-refractivity contribution in [2.75, 3.05) is 19.4 Å². The van der Waals surface area contributed by atoms with E-state index >= 15 is 0 Å². The summed E-state index contributed by atoms with van der Waals surface area (Å²) in [4.78, 5) is 10.8. The third-order valence-corrected chi connectivity index (χ3v) is 2.56. The Bertz CT molecular complexity index is 157. The van der Waals surface area contributed by atoms with E-state index in [4.69, 9.17) is 4.74 Å². The highest BCUT2D eigenvalue weighted by molar-refractivity contribution is 7.51. The summed E-state index contributed by atoms with van der Waals surface area (Å²) < 4.78 is 20.5. The van der Waals surface area contributed by atoms with Gasteiger partial charge in [-0.05, 0) is 13.8 Å². The molecule has 0 fully saturated rings. The van der Waals surface area contributed by atoms with Crippen LogP contribution in [0.2, 0.25) is 0 Å². The van der Waals surface area contributed by atoms with Gasteiger partial charge in [0.15, 0.2) is 0 Å². The highest BCUT2D eigenvalue weighted by Gasteiger charge is 2.03. The van der Waals surface area contributed by atoms with E-state index in [-0.39, 0.29) is 18.9 Å². The van der Waals surface area contributed by atoms with Crippen LogP contribution in [0.3, 0.4) is 0 Å². The van der Waals surface area contributed by atoms with Crippen molar-refractivity contribution in [3.8, 4) is 0 Å². The summed E-state index contributed by atoms with van der Waals surface area (Å²) in [5, 5.41) is 0. The molecule has 0 saturated carbocycles. The molecule has 0 rings (SSSR count). The fourth-order valence-electron chi connectivity index (χ4n) is 0.551. The summed E-state index contributed by atoms with van der Waals surface area (Å²) in [5.74, 6) is 0. The van der Waals surface area contributed by atoms with Crippen LogP contribution in [0.1, 0.15) is 20.8 Å². The molecule has 0 aromatic rings. The van der Waals surface area contributed by atoms with Crippen molar-refractivity contribution in [1.29, 1.82) is 0 Å². The van der Waals surface area contributed by atoms with Gasteiger partial charge in [-0.1, -0.05) is 6.92 Å². The maximum Gasteiger partial charge on any atom is 0.134 e. The van der Waals surface area contributed by atoms with Gasteiger partial charge in [0.05, 0.1) is 19.3 Å². The molecule has 0 aliphatic carbocycles. The lowest BCUT2D eigenvalue weighted by Crippen LogP contribution is -2.13. The molecular formula is C7H16O4P-. The minimum atomic E-state index is -3.56. The molecule has 0 bridgehead atoms. The SMILES string of the molecule is CCP(=O)([O-])OCCOC(C)C. The summed E-state index contributed by atoms with van der Waals surface area (Å²) in [5.41, 5.74) is 0. The molecule has 0 aliphatic rings. The van der Waals surface area contributed by atoms with Crippen LogP contribution in [0.25, 0.3) is 0 Å². The van der Waals surface area contributed by atoms with Crippen LogP contribution >= 0.6 is 7.60 Å². The van der Waals surface area contributed by atoms with Crippen LogP contribution in [0.4, 0.5) is 0 Å². The summed E-state index contributed by atoms with van der Waals surface area (Å²) in [6, 6.07) is 0. The van der Waals surface area contributed by atoms with E-state index in [1.807, 2.05) is 13.8 Å². The zero-order chi connectivity index (χ0) is 9.61. The summed E-state index contributed by atoms with van der Waals surface area (Å²) in [7, 11) is -3.56. The third-order valence-electron chi connectivity index (χ3n) is 1.21. The summed E-state index contributed by atoms with van der Waals surface area (Å²) in [6.45, 7) is 5.76. The molecular weight excluding hydrogens is 179 g/mol. The smallest absolute Gasteiger partial charge is 0.134 e. The van der Waals surface area contributed by atoms with Crippen molar-refractivity contribution in [3.63, 3.8) is 0 Å². The van der Waals surface area contributed by atoms with Gasteiger partial charge < -0.3 is 18.7 Å². The first kappa shape index (κ1) is 12.1. The van der Waals surface area contributed by atoms with Crippen molar-refractivity contribution in [2.45, 2.75) is 26.9 Å². The first-order valence-electron chi connectivity index (χ1n) is 4.04. The lowest BCUT2D eigenvalue weighted by atomic mass is 10.5. The molecule has 74 valence electrons. The Hall–Kier alpha value is 0.110. The number of rotatable bonds is 6. The molecule has 5 heteroatoms. The Labute approximate surface area is 73.4 Å². The van der Waals surface area contributed by atoms with Gasteiger partial charge in [0.25, 0.3) is 0 Å². The molecule has 4 nitrogen and oxygen atoms in total. The Balaban J connectivity index is 3.38. The Kier molecular flexibility index (Phi) is 5.76. The normalized spacial score (nSPS) is 16.4. The van der Waals surface area contributed by atoms with Gasteiger partial charge in [-0.3, -0.25) is 0 Å². The Morgan fingerprint density at radius 3 is 2.42 bits per heavy atom. The quantitative estimate of drug-likeness (QED) is 0.468. The second-order valence-electron chi connectivity index (χ2n) is 2.68. The van der Waals surface area contributed by atoms with Crippen molar-refractivity contribution >= 4 is 7.60 Å². The summed E-state index contributed by atoms with van der Waals surface area (Å²) >= 11 is 0. The van der Waals surface area contributed by atoms with Gasteiger partial charge in [0.1, 0.15) is 7.60 Å². The van der Waals surface area contributed by atoms with Crippen molar-refractivity contribution < 1.29 is 18.7 Å². The monoisotopic (exact) mass is 195 g/mol. The fraction of sp³-hybridized carbons (Fsp3) is 1.00. The summed E-state index contributed by atoms with van der Waals surface area (Å²) in [6.07, 6.45) is 0.149. The predicted molar refractivity (Wildman–Crippen MR) is 45.2 cm³/mol. The van der Waals surface area contributed by atoms with Crippen molar-refractivity contribution in [3.05, 3.63) is 0 Å². The lowest BCUT2D eigenvalue weighted by Gasteiger charge is -2.21. The molecule has 0 heterocycles. The number of ether oxygens (including phenoxy) is 1. The van der Waals surface area contributed by atoms with E-state index in [9.17, 15) is 9.46 Å². The van der Waals surface area contributed by atoms with E-state index in [2.05, 4.69) is 4.52 Å². The van der Waals surface area contributed by atoms with E-state index in [1.54, 1.807) is 6.92 Å². The maximum absolute atomic E-state index is 10.8. The molecule has 0 saturated heterocycles. The second kappa shape index (κ2) is 5.70. The van der Waals surface area contributed by atoms with Crippen molar-refractivity contribution in [2.24, 2.45) is 0 Å². The molecule has 0 aromatic heterocycles. The van der Waals surface area contributed by atoms with E-state index in [0.29, 0.717) is 6.61 Å². The van der Waals surface area contributed by atoms with E-state index in [1.165, 1.54) is 0 Å². The topological polar surface area (TPSA) is 58.6 Å². The van der Waals surface area contributed by atoms with Crippen LogP contribution in [0.15, 0.2) is 0 Å². The molecule has 0 N–H and O–H groups in total. The van der Waals surface area contributed by atoms with Crippen LogP contribution in [-0.4, -0.2) is 25.5 Å². The van der Waals surface area contributed by atoms with Gasteiger partial charge in [-0.2, -0.15) is 0 Å². The average molecular weight is 195 g/mol. The van der Waals surface area contributed by atoms with Crippen LogP contribution < -0.4 is 4.89 Å². The average Bonchev–Trinajstić information content (AvgIpc) is 1.98. The standard InChI is InChI=1S/C7H17O4P/c1-4-12(8,9)11-6-5-10-7(2)3/h7H,4-6H2,1-3H3,(H,8,9)/p-1. The van der Waals surface area contributed by atoms with Gasteiger partial charge in [-0.25, -0.2) is 0 Å². The van der Waals surface area contributed by atoms with E-state index < -0.39 is 7.60 Å². The molecule has 0 aromatic carbocycles. The number of hydrogen-bond acceptors (Lipinski definition) is 4. The zero-order valence-corrected chi connectivity index (χ0v) is 8.67. The molecule has 0 aliphatic heterocycles. The fourth-order valence-corrected chi connectivity index (χ4v) is 1.09. The molecule has 0 spiro atoms. The minimum Gasteiger partial charge on any atom is -0.779 e. The van der Waals surface area contributed by atoms with Crippen molar-refractivity contribution in [1.82, 2.24) is 0 Å². The lowest BCUT2D eigenvalue weighted by molar-refractivity contribution is -0.199. The Morgan fingerprint density at radius 1 is 1.42 bits per heavy atom. The zero-order valence-electron chi connectivity index (χ0n) is 7.78. The highest BCUT2D eigenvalue weighted by atomic mass is 31.2. The Morgan fingerprint density at radius 2 is 2.00 bits per heavy atom. The third kappa shape index (κ3) is 6.80. The second-order valence-corrected chi connectivity index (χ2v) is 4.79. The minimum absolute atomic E-state index is 0.0364.